The molecule has 8 heteroatoms. The molecule has 0 saturated carbocycles. The van der Waals surface area contributed by atoms with E-state index in [9.17, 15) is 14.0 Å². The first-order valence-corrected chi connectivity index (χ1v) is 10.5. The molecule has 4 aromatic carbocycles. The second kappa shape index (κ2) is 10.5. The lowest BCUT2D eigenvalue weighted by Crippen LogP contribution is -2.17. The van der Waals surface area contributed by atoms with Gasteiger partial charge < -0.3 is 14.2 Å². The maximum Gasteiger partial charge on any atom is 0.343 e. The number of esters is 1. The van der Waals surface area contributed by atoms with Crippen molar-refractivity contribution in [2.24, 2.45) is 5.10 Å². The number of fused-ring (bicyclic) bond motifs is 1. The highest BCUT2D eigenvalue weighted by molar-refractivity contribution is 6.04. The Balaban J connectivity index is 1.62. The van der Waals surface area contributed by atoms with Gasteiger partial charge in [0.05, 0.1) is 26.0 Å². The predicted molar refractivity (Wildman–Crippen MR) is 130 cm³/mol. The van der Waals surface area contributed by atoms with Gasteiger partial charge in [0, 0.05) is 11.1 Å². The topological polar surface area (TPSA) is 86.2 Å². The SMILES string of the molecule is COc1ccc(C(=O)Oc2ccc3ccccc3c2/C=N\NC(=O)c2ccc(F)cc2)cc1OC. The first kappa shape index (κ1) is 23.4. The molecule has 0 aliphatic heterocycles. The second-order valence-electron chi connectivity index (χ2n) is 7.36. The molecule has 0 aliphatic rings. The summed E-state index contributed by atoms with van der Waals surface area (Å²) in [5.41, 5.74) is 3.42. The van der Waals surface area contributed by atoms with Gasteiger partial charge in [-0.2, -0.15) is 5.10 Å². The van der Waals surface area contributed by atoms with Crippen LogP contribution in [0.4, 0.5) is 4.39 Å². The number of benzene rings is 4. The molecule has 176 valence electrons. The molecule has 0 saturated heterocycles. The van der Waals surface area contributed by atoms with E-state index < -0.39 is 17.7 Å². The number of methoxy groups -OCH3 is 2. The molecule has 0 aromatic heterocycles. The standard InChI is InChI=1S/C27H21FN2O5/c1-33-24-14-10-19(15-25(24)34-2)27(32)35-23-13-9-17-5-3-4-6-21(17)22(23)16-29-30-26(31)18-7-11-20(28)12-8-18/h3-16H,1-2H3,(H,30,31)/b29-16-. The third kappa shape index (κ3) is 5.27. The monoisotopic (exact) mass is 472 g/mol. The molecule has 0 spiro atoms. The van der Waals surface area contributed by atoms with Gasteiger partial charge in [-0.1, -0.05) is 30.3 Å². The van der Waals surface area contributed by atoms with Crippen LogP contribution in [0.15, 0.2) is 84.0 Å². The van der Waals surface area contributed by atoms with E-state index >= 15 is 0 Å². The van der Waals surface area contributed by atoms with Crippen molar-refractivity contribution in [3.63, 3.8) is 0 Å². The van der Waals surface area contributed by atoms with Crippen LogP contribution in [0.3, 0.4) is 0 Å². The largest absolute Gasteiger partial charge is 0.493 e. The zero-order valence-corrected chi connectivity index (χ0v) is 18.9. The molecule has 4 aromatic rings. The highest BCUT2D eigenvalue weighted by Crippen LogP contribution is 2.30. The fourth-order valence-corrected chi connectivity index (χ4v) is 3.44. The predicted octanol–water partition coefficient (Wildman–Crippen LogP) is 4.98. The fourth-order valence-electron chi connectivity index (χ4n) is 3.44. The van der Waals surface area contributed by atoms with Gasteiger partial charge in [-0.25, -0.2) is 14.6 Å². The van der Waals surface area contributed by atoms with Crippen molar-refractivity contribution in [3.8, 4) is 17.2 Å². The number of amides is 1. The Bertz CT molecular complexity index is 1420. The molecule has 1 amide bonds. The zero-order valence-electron chi connectivity index (χ0n) is 18.9. The number of hydrogen-bond acceptors (Lipinski definition) is 6. The molecular formula is C27H21FN2O5. The summed E-state index contributed by atoms with van der Waals surface area (Å²) in [7, 11) is 2.98. The van der Waals surface area contributed by atoms with E-state index in [1.807, 2.05) is 30.3 Å². The summed E-state index contributed by atoms with van der Waals surface area (Å²) in [6.07, 6.45) is 1.40. The third-order valence-electron chi connectivity index (χ3n) is 5.22. The number of rotatable bonds is 7. The molecule has 0 atom stereocenters. The van der Waals surface area contributed by atoms with Gasteiger partial charge in [0.2, 0.25) is 0 Å². The van der Waals surface area contributed by atoms with Crippen LogP contribution in [-0.4, -0.2) is 32.3 Å². The van der Waals surface area contributed by atoms with Gasteiger partial charge in [-0.3, -0.25) is 4.79 Å². The first-order chi connectivity index (χ1) is 17.0. The zero-order chi connectivity index (χ0) is 24.8. The minimum Gasteiger partial charge on any atom is -0.493 e. The number of ether oxygens (including phenoxy) is 3. The fraction of sp³-hybridized carbons (Fsp3) is 0.0741. The summed E-state index contributed by atoms with van der Waals surface area (Å²) in [6, 6.07) is 20.8. The summed E-state index contributed by atoms with van der Waals surface area (Å²) in [5.74, 6) is -0.424. The summed E-state index contributed by atoms with van der Waals surface area (Å²) in [5, 5.41) is 5.70. The highest BCUT2D eigenvalue weighted by atomic mass is 19.1. The Morgan fingerprint density at radius 2 is 1.51 bits per heavy atom. The van der Waals surface area contributed by atoms with E-state index in [4.69, 9.17) is 14.2 Å². The molecule has 0 aliphatic carbocycles. The molecule has 0 bridgehead atoms. The summed E-state index contributed by atoms with van der Waals surface area (Å²) in [6.45, 7) is 0. The van der Waals surface area contributed by atoms with Crippen molar-refractivity contribution in [2.75, 3.05) is 14.2 Å². The van der Waals surface area contributed by atoms with E-state index in [0.717, 1.165) is 10.8 Å². The van der Waals surface area contributed by atoms with Crippen LogP contribution in [0.5, 0.6) is 17.2 Å². The Morgan fingerprint density at radius 1 is 0.829 bits per heavy atom. The van der Waals surface area contributed by atoms with Crippen molar-refractivity contribution in [3.05, 3.63) is 101 Å². The Labute approximate surface area is 200 Å². The molecule has 0 radical (unpaired) electrons. The number of carbonyl (C=O) groups is 2. The Morgan fingerprint density at radius 3 is 2.26 bits per heavy atom. The smallest absolute Gasteiger partial charge is 0.343 e. The minimum atomic E-state index is -0.605. The summed E-state index contributed by atoms with van der Waals surface area (Å²) in [4.78, 5) is 25.2. The molecule has 1 N–H and O–H groups in total. The summed E-state index contributed by atoms with van der Waals surface area (Å²) < 4.78 is 29.3. The molecule has 35 heavy (non-hydrogen) atoms. The lowest BCUT2D eigenvalue weighted by atomic mass is 10.0. The van der Waals surface area contributed by atoms with Crippen LogP contribution in [0.1, 0.15) is 26.3 Å². The van der Waals surface area contributed by atoms with Crippen LogP contribution in [0.25, 0.3) is 10.8 Å². The van der Waals surface area contributed by atoms with Gasteiger partial charge in [0.1, 0.15) is 11.6 Å². The van der Waals surface area contributed by atoms with E-state index in [0.29, 0.717) is 17.1 Å². The normalized spacial score (nSPS) is 10.8. The van der Waals surface area contributed by atoms with Crippen molar-refractivity contribution in [2.45, 2.75) is 0 Å². The lowest BCUT2D eigenvalue weighted by Gasteiger charge is -2.12. The molecule has 0 unspecified atom stereocenters. The van der Waals surface area contributed by atoms with E-state index in [1.165, 1.54) is 50.8 Å². The van der Waals surface area contributed by atoms with Crippen molar-refractivity contribution < 1.29 is 28.2 Å². The average Bonchev–Trinajstić information content (AvgIpc) is 2.89. The van der Waals surface area contributed by atoms with Crippen LogP contribution in [-0.2, 0) is 0 Å². The third-order valence-corrected chi connectivity index (χ3v) is 5.22. The quantitative estimate of drug-likeness (QED) is 0.177. The van der Waals surface area contributed by atoms with Gasteiger partial charge in [-0.15, -0.1) is 0 Å². The molecule has 0 heterocycles. The number of hydrogen-bond donors (Lipinski definition) is 1. The van der Waals surface area contributed by atoms with Crippen LogP contribution >= 0.6 is 0 Å². The first-order valence-electron chi connectivity index (χ1n) is 10.5. The molecule has 7 nitrogen and oxygen atoms in total. The van der Waals surface area contributed by atoms with E-state index in [1.54, 1.807) is 18.2 Å². The van der Waals surface area contributed by atoms with Gasteiger partial charge >= 0.3 is 5.97 Å². The van der Waals surface area contributed by atoms with Crippen LogP contribution in [0.2, 0.25) is 0 Å². The molecule has 0 fully saturated rings. The van der Waals surface area contributed by atoms with Crippen LogP contribution in [0, 0.1) is 5.82 Å². The van der Waals surface area contributed by atoms with Crippen LogP contribution < -0.4 is 19.6 Å². The van der Waals surface area contributed by atoms with Gasteiger partial charge in [0.25, 0.3) is 5.91 Å². The lowest BCUT2D eigenvalue weighted by molar-refractivity contribution is 0.0734. The van der Waals surface area contributed by atoms with Crippen molar-refractivity contribution in [1.29, 1.82) is 0 Å². The number of hydrazone groups is 1. The minimum absolute atomic E-state index is 0.251. The Kier molecular flexibility index (Phi) is 7.02. The maximum absolute atomic E-state index is 13.1. The molecular weight excluding hydrogens is 451 g/mol. The second-order valence-corrected chi connectivity index (χ2v) is 7.36. The Hall–Kier alpha value is -4.72. The van der Waals surface area contributed by atoms with Crippen molar-refractivity contribution >= 4 is 28.9 Å². The number of nitrogens with one attached hydrogen (secondary N) is 1. The van der Waals surface area contributed by atoms with Crippen molar-refractivity contribution in [1.82, 2.24) is 5.43 Å². The number of nitrogens with zero attached hydrogens (tertiary/aromatic N) is 1. The molecule has 4 rings (SSSR count). The number of halogens is 1. The van der Waals surface area contributed by atoms with E-state index in [2.05, 4.69) is 10.5 Å². The van der Waals surface area contributed by atoms with E-state index in [-0.39, 0.29) is 16.9 Å². The van der Waals surface area contributed by atoms with Gasteiger partial charge in [0.15, 0.2) is 11.5 Å². The number of carbonyl (C=O) groups excluding carboxylic acids is 2. The van der Waals surface area contributed by atoms with Gasteiger partial charge in [-0.05, 0) is 59.3 Å². The average molecular weight is 472 g/mol. The highest BCUT2D eigenvalue weighted by Gasteiger charge is 2.16. The summed E-state index contributed by atoms with van der Waals surface area (Å²) >= 11 is 0. The maximum atomic E-state index is 13.1.